The van der Waals surface area contributed by atoms with Crippen LogP contribution in [0, 0.1) is 5.92 Å². The van der Waals surface area contributed by atoms with Gasteiger partial charge in [0.2, 0.25) is 11.8 Å². The van der Waals surface area contributed by atoms with Crippen LogP contribution in [0.15, 0.2) is 30.3 Å². The number of nitrogens with one attached hydrogen (secondary N) is 1. The summed E-state index contributed by atoms with van der Waals surface area (Å²) in [7, 11) is 0. The number of benzene rings is 1. The number of carbonyl (C=O) groups excluding carboxylic acids is 2. The molecule has 132 valence electrons. The zero-order valence-corrected chi connectivity index (χ0v) is 15.1. The highest BCUT2D eigenvalue weighted by molar-refractivity contribution is 5.89. The summed E-state index contributed by atoms with van der Waals surface area (Å²) >= 11 is 0. The van der Waals surface area contributed by atoms with E-state index in [2.05, 4.69) is 31.3 Å². The van der Waals surface area contributed by atoms with Crippen LogP contribution in [0.4, 0.5) is 0 Å². The summed E-state index contributed by atoms with van der Waals surface area (Å²) in [4.78, 5) is 26.6. The molecule has 1 aliphatic heterocycles. The fourth-order valence-electron chi connectivity index (χ4n) is 3.45. The Kier molecular flexibility index (Phi) is 6.83. The van der Waals surface area contributed by atoms with Crippen molar-refractivity contribution in [2.45, 2.75) is 65.0 Å². The van der Waals surface area contributed by atoms with E-state index in [1.165, 1.54) is 5.56 Å². The second kappa shape index (κ2) is 8.86. The van der Waals surface area contributed by atoms with Crippen molar-refractivity contribution in [3.63, 3.8) is 0 Å². The molecule has 1 saturated heterocycles. The lowest BCUT2D eigenvalue weighted by atomic mass is 10.0. The predicted molar refractivity (Wildman–Crippen MR) is 96.6 cm³/mol. The molecule has 2 amide bonds. The fourth-order valence-corrected chi connectivity index (χ4v) is 3.45. The second-order valence-corrected chi connectivity index (χ2v) is 6.85. The number of rotatable bonds is 8. The Labute approximate surface area is 145 Å². The van der Waals surface area contributed by atoms with Crippen molar-refractivity contribution < 1.29 is 9.59 Å². The third-order valence-corrected chi connectivity index (χ3v) is 5.01. The Morgan fingerprint density at radius 3 is 2.54 bits per heavy atom. The van der Waals surface area contributed by atoms with Crippen LogP contribution in [0.25, 0.3) is 0 Å². The zero-order valence-electron chi connectivity index (χ0n) is 15.1. The SMILES string of the molecule is CCC(CC)N1CC(C(=O)NC(C)CCc2ccccc2)CC1=O. The van der Waals surface area contributed by atoms with Gasteiger partial charge in [-0.2, -0.15) is 0 Å². The van der Waals surface area contributed by atoms with Crippen LogP contribution in [0.1, 0.15) is 52.0 Å². The smallest absolute Gasteiger partial charge is 0.225 e. The normalized spacial score (nSPS) is 18.9. The van der Waals surface area contributed by atoms with Crippen molar-refractivity contribution in [2.75, 3.05) is 6.54 Å². The lowest BCUT2D eigenvalue weighted by Crippen LogP contribution is -2.40. The maximum Gasteiger partial charge on any atom is 0.225 e. The average Bonchev–Trinajstić information content (AvgIpc) is 2.97. The number of amides is 2. The number of aryl methyl sites for hydroxylation is 1. The lowest BCUT2D eigenvalue weighted by molar-refractivity contribution is -0.130. The Bertz CT molecular complexity index is 540. The molecule has 24 heavy (non-hydrogen) atoms. The third kappa shape index (κ3) is 4.83. The van der Waals surface area contributed by atoms with Crippen molar-refractivity contribution in [1.29, 1.82) is 0 Å². The van der Waals surface area contributed by atoms with Gasteiger partial charge in [0.25, 0.3) is 0 Å². The molecule has 0 saturated carbocycles. The van der Waals surface area contributed by atoms with Crippen LogP contribution in [-0.4, -0.2) is 35.3 Å². The molecule has 1 aromatic carbocycles. The molecule has 0 radical (unpaired) electrons. The van der Waals surface area contributed by atoms with Crippen LogP contribution in [0.5, 0.6) is 0 Å². The molecule has 1 aromatic rings. The van der Waals surface area contributed by atoms with E-state index in [9.17, 15) is 9.59 Å². The Hall–Kier alpha value is -1.84. The van der Waals surface area contributed by atoms with Crippen molar-refractivity contribution >= 4 is 11.8 Å². The number of nitrogens with zero attached hydrogens (tertiary/aromatic N) is 1. The molecule has 0 spiro atoms. The Morgan fingerprint density at radius 1 is 1.25 bits per heavy atom. The number of hydrogen-bond acceptors (Lipinski definition) is 2. The van der Waals surface area contributed by atoms with Gasteiger partial charge in [-0.25, -0.2) is 0 Å². The molecule has 0 aliphatic carbocycles. The minimum absolute atomic E-state index is 0.0253. The van der Waals surface area contributed by atoms with Crippen molar-refractivity contribution in [3.8, 4) is 0 Å². The number of carbonyl (C=O) groups is 2. The van der Waals surface area contributed by atoms with Gasteiger partial charge in [0.15, 0.2) is 0 Å². The van der Waals surface area contributed by atoms with Crippen LogP contribution in [-0.2, 0) is 16.0 Å². The van der Waals surface area contributed by atoms with Gasteiger partial charge in [0.1, 0.15) is 0 Å². The van der Waals surface area contributed by atoms with E-state index in [-0.39, 0.29) is 29.8 Å². The average molecular weight is 330 g/mol. The van der Waals surface area contributed by atoms with Crippen LogP contribution in [0.3, 0.4) is 0 Å². The summed E-state index contributed by atoms with van der Waals surface area (Å²) in [6.07, 6.45) is 4.11. The van der Waals surface area contributed by atoms with Gasteiger partial charge in [0.05, 0.1) is 5.92 Å². The van der Waals surface area contributed by atoms with Crippen molar-refractivity contribution in [1.82, 2.24) is 10.2 Å². The van der Waals surface area contributed by atoms with E-state index in [1.54, 1.807) is 0 Å². The number of likely N-dealkylation sites (tertiary alicyclic amines) is 1. The molecular weight excluding hydrogens is 300 g/mol. The van der Waals surface area contributed by atoms with E-state index in [0.29, 0.717) is 13.0 Å². The topological polar surface area (TPSA) is 49.4 Å². The van der Waals surface area contributed by atoms with E-state index in [4.69, 9.17) is 0 Å². The minimum Gasteiger partial charge on any atom is -0.353 e. The highest BCUT2D eigenvalue weighted by Crippen LogP contribution is 2.23. The van der Waals surface area contributed by atoms with Gasteiger partial charge in [-0.05, 0) is 38.2 Å². The van der Waals surface area contributed by atoms with Gasteiger partial charge in [0, 0.05) is 25.0 Å². The summed E-state index contributed by atoms with van der Waals surface area (Å²) in [5.41, 5.74) is 1.29. The fraction of sp³-hybridized carbons (Fsp3) is 0.600. The van der Waals surface area contributed by atoms with E-state index in [0.717, 1.165) is 25.7 Å². The first-order chi connectivity index (χ1) is 11.5. The summed E-state index contributed by atoms with van der Waals surface area (Å²) < 4.78 is 0. The molecule has 1 N–H and O–H groups in total. The number of hydrogen-bond donors (Lipinski definition) is 1. The summed E-state index contributed by atoms with van der Waals surface area (Å²) in [5.74, 6) is -0.0459. The van der Waals surface area contributed by atoms with Gasteiger partial charge in [-0.1, -0.05) is 44.2 Å². The Morgan fingerprint density at radius 2 is 1.92 bits per heavy atom. The molecule has 0 aromatic heterocycles. The maximum atomic E-state index is 12.5. The monoisotopic (exact) mass is 330 g/mol. The molecule has 1 aliphatic rings. The molecule has 1 heterocycles. The molecule has 2 atom stereocenters. The first kappa shape index (κ1) is 18.5. The Balaban J connectivity index is 1.81. The van der Waals surface area contributed by atoms with E-state index < -0.39 is 0 Å². The highest BCUT2D eigenvalue weighted by Gasteiger charge is 2.37. The molecular formula is C20H30N2O2. The van der Waals surface area contributed by atoms with Crippen LogP contribution < -0.4 is 5.32 Å². The van der Waals surface area contributed by atoms with Crippen molar-refractivity contribution in [2.24, 2.45) is 5.92 Å². The summed E-state index contributed by atoms with van der Waals surface area (Å²) in [5, 5.41) is 3.09. The standard InChI is InChI=1S/C20H30N2O2/c1-4-18(5-2)22-14-17(13-19(22)23)20(24)21-15(3)11-12-16-9-7-6-8-10-16/h6-10,15,17-18H,4-5,11-14H2,1-3H3,(H,21,24). The maximum absolute atomic E-state index is 12.5. The van der Waals surface area contributed by atoms with Gasteiger partial charge < -0.3 is 10.2 Å². The van der Waals surface area contributed by atoms with Crippen LogP contribution >= 0.6 is 0 Å². The first-order valence-electron chi connectivity index (χ1n) is 9.18. The molecule has 1 fully saturated rings. The van der Waals surface area contributed by atoms with Gasteiger partial charge in [-0.3, -0.25) is 9.59 Å². The quantitative estimate of drug-likeness (QED) is 0.796. The van der Waals surface area contributed by atoms with Gasteiger partial charge in [-0.15, -0.1) is 0 Å². The molecule has 0 bridgehead atoms. The second-order valence-electron chi connectivity index (χ2n) is 6.85. The molecule has 2 rings (SSSR count). The lowest BCUT2D eigenvalue weighted by Gasteiger charge is -2.26. The zero-order chi connectivity index (χ0) is 17.5. The van der Waals surface area contributed by atoms with E-state index in [1.807, 2.05) is 30.0 Å². The summed E-state index contributed by atoms with van der Waals surface area (Å²) in [6, 6.07) is 10.7. The van der Waals surface area contributed by atoms with Crippen LogP contribution in [0.2, 0.25) is 0 Å². The van der Waals surface area contributed by atoms with Gasteiger partial charge >= 0.3 is 0 Å². The molecule has 4 nitrogen and oxygen atoms in total. The molecule has 4 heteroatoms. The minimum atomic E-state index is -0.197. The first-order valence-corrected chi connectivity index (χ1v) is 9.18. The largest absolute Gasteiger partial charge is 0.353 e. The van der Waals surface area contributed by atoms with E-state index >= 15 is 0 Å². The molecule has 2 unspecified atom stereocenters. The van der Waals surface area contributed by atoms with Crippen molar-refractivity contribution in [3.05, 3.63) is 35.9 Å². The third-order valence-electron chi connectivity index (χ3n) is 5.01. The summed E-state index contributed by atoms with van der Waals surface area (Å²) in [6.45, 7) is 6.81. The predicted octanol–water partition coefficient (Wildman–Crippen LogP) is 3.16. The highest BCUT2D eigenvalue weighted by atomic mass is 16.2.